The van der Waals surface area contributed by atoms with E-state index in [9.17, 15) is 27.6 Å². The molecule has 38 heavy (non-hydrogen) atoms. The summed E-state index contributed by atoms with van der Waals surface area (Å²) < 4.78 is 40.0. The molecule has 1 atom stereocenters. The Balaban J connectivity index is 1.36. The van der Waals surface area contributed by atoms with Gasteiger partial charge in [-0.1, -0.05) is 29.8 Å². The molecule has 12 heteroatoms. The normalized spacial score (nSPS) is 17.4. The number of fused-ring (bicyclic) bond motifs is 1. The average Bonchev–Trinajstić information content (AvgIpc) is 3.03. The predicted octanol–water partition coefficient (Wildman–Crippen LogP) is 4.06. The molecule has 0 aliphatic carbocycles. The van der Waals surface area contributed by atoms with Crippen LogP contribution in [0.25, 0.3) is 0 Å². The lowest BCUT2D eigenvalue weighted by molar-refractivity contribution is -0.137. The van der Waals surface area contributed by atoms with E-state index in [2.05, 4.69) is 5.32 Å². The molecule has 2 aromatic carbocycles. The highest BCUT2D eigenvalue weighted by Gasteiger charge is 2.35. The Morgan fingerprint density at radius 2 is 1.82 bits per heavy atom. The van der Waals surface area contributed by atoms with Crippen molar-refractivity contribution in [2.45, 2.75) is 44.3 Å². The lowest BCUT2D eigenvalue weighted by atomic mass is 9.93. The van der Waals surface area contributed by atoms with E-state index in [1.807, 2.05) is 24.3 Å². The second-order valence-electron chi connectivity index (χ2n) is 9.69. The fourth-order valence-electron chi connectivity index (χ4n) is 5.09. The van der Waals surface area contributed by atoms with E-state index < -0.39 is 29.3 Å². The zero-order chi connectivity index (χ0) is 27.6. The molecule has 0 aromatic heterocycles. The molecule has 204 valence electrons. The third-order valence-corrected chi connectivity index (χ3v) is 7.51. The van der Waals surface area contributed by atoms with Gasteiger partial charge in [0.05, 0.1) is 22.2 Å². The summed E-state index contributed by atoms with van der Waals surface area (Å²) in [5.41, 5.74) is 11.3. The van der Waals surface area contributed by atoms with E-state index in [0.717, 1.165) is 23.7 Å². The van der Waals surface area contributed by atoms with Gasteiger partial charge in [0.1, 0.15) is 0 Å². The van der Waals surface area contributed by atoms with Crippen LogP contribution in [0.4, 0.5) is 29.3 Å². The number of piperidine rings is 1. The number of hydrogen-bond acceptors (Lipinski definition) is 4. The number of nitrogens with one attached hydrogen (secondary N) is 1. The number of carbonyl (C=O) groups excluding carboxylic acids is 3. The van der Waals surface area contributed by atoms with E-state index in [4.69, 9.17) is 23.1 Å². The number of rotatable bonds is 6. The number of amides is 4. The number of primary amides is 1. The molecule has 0 saturated carbocycles. The summed E-state index contributed by atoms with van der Waals surface area (Å²) >= 11 is 5.89. The maximum atomic E-state index is 13.3. The van der Waals surface area contributed by atoms with Crippen molar-refractivity contribution in [2.24, 2.45) is 11.7 Å². The molecule has 1 saturated heterocycles. The summed E-state index contributed by atoms with van der Waals surface area (Å²) in [6.45, 7) is 1.34. The van der Waals surface area contributed by atoms with Crippen molar-refractivity contribution in [2.75, 3.05) is 30.7 Å². The number of likely N-dealkylation sites (tertiary alicyclic amines) is 1. The fraction of sp³-hybridized carbons (Fsp3) is 0.423. The third-order valence-electron chi connectivity index (χ3n) is 7.20. The summed E-state index contributed by atoms with van der Waals surface area (Å²) in [5, 5.41) is 2.67. The van der Waals surface area contributed by atoms with Crippen molar-refractivity contribution < 1.29 is 27.6 Å². The van der Waals surface area contributed by atoms with E-state index in [0.29, 0.717) is 32.5 Å². The van der Waals surface area contributed by atoms with E-state index in [1.54, 1.807) is 9.80 Å². The number of hydrogen-bond donors (Lipinski definition) is 3. The molecule has 0 radical (unpaired) electrons. The second-order valence-corrected chi connectivity index (χ2v) is 10.1. The molecule has 0 bridgehead atoms. The predicted molar refractivity (Wildman–Crippen MR) is 137 cm³/mol. The van der Waals surface area contributed by atoms with Crippen LogP contribution in [0.3, 0.4) is 0 Å². The molecule has 0 unspecified atom stereocenters. The van der Waals surface area contributed by atoms with Crippen molar-refractivity contribution in [3.63, 3.8) is 0 Å². The maximum absolute atomic E-state index is 13.3. The third kappa shape index (κ3) is 6.15. The van der Waals surface area contributed by atoms with Crippen LogP contribution in [-0.2, 0) is 28.6 Å². The summed E-state index contributed by atoms with van der Waals surface area (Å²) in [6, 6.07) is 9.52. The Bertz CT molecular complexity index is 1230. The number of nitrogens with two attached hydrogens (primary N) is 2. The summed E-state index contributed by atoms with van der Waals surface area (Å²) in [7, 11) is 0. The van der Waals surface area contributed by atoms with Crippen LogP contribution in [0.15, 0.2) is 36.4 Å². The highest BCUT2D eigenvalue weighted by Crippen LogP contribution is 2.38. The molecule has 0 spiro atoms. The first-order valence-corrected chi connectivity index (χ1v) is 12.7. The van der Waals surface area contributed by atoms with Crippen molar-refractivity contribution in [1.29, 1.82) is 0 Å². The standard InChI is InChI=1S/C26H29ClF3N5O3/c27-20-13-15(12-19(23(20)31)26(28,29)30)11-17(24(32)37)14-22(36)34-8-6-18(7-9-34)35-10-5-16-3-1-2-4-21(16)33-25(35)38/h1-4,12-13,17-18H,5-11,14,31H2,(H2,32,37)(H,33,38)/t17-/m0/s1. The molecule has 5 N–H and O–H groups in total. The van der Waals surface area contributed by atoms with Crippen LogP contribution in [0.2, 0.25) is 5.02 Å². The minimum absolute atomic E-state index is 0.0435. The Labute approximate surface area is 223 Å². The molecular weight excluding hydrogens is 523 g/mol. The highest BCUT2D eigenvalue weighted by atomic mass is 35.5. The van der Waals surface area contributed by atoms with Crippen LogP contribution < -0.4 is 16.8 Å². The fourth-order valence-corrected chi connectivity index (χ4v) is 5.33. The monoisotopic (exact) mass is 551 g/mol. The number of nitrogens with zero attached hydrogens (tertiary/aromatic N) is 2. The number of para-hydroxylation sites is 1. The topological polar surface area (TPSA) is 122 Å². The molecule has 2 heterocycles. The Kier molecular flexibility index (Phi) is 8.05. The first-order valence-electron chi connectivity index (χ1n) is 12.3. The van der Waals surface area contributed by atoms with Gasteiger partial charge >= 0.3 is 12.2 Å². The van der Waals surface area contributed by atoms with Crippen LogP contribution in [-0.4, -0.2) is 53.3 Å². The number of benzene rings is 2. The van der Waals surface area contributed by atoms with Crippen molar-refractivity contribution in [3.05, 3.63) is 58.1 Å². The SMILES string of the molecule is NC(=O)[C@H](CC(=O)N1CCC(N2CCc3ccccc3NC2=O)CC1)Cc1cc(Cl)c(N)c(C(F)(F)F)c1. The molecule has 4 amide bonds. The largest absolute Gasteiger partial charge is 0.418 e. The molecule has 2 aliphatic heterocycles. The lowest BCUT2D eigenvalue weighted by Gasteiger charge is -2.38. The number of anilines is 2. The van der Waals surface area contributed by atoms with Gasteiger partial charge in [0.25, 0.3) is 0 Å². The number of halogens is 4. The number of alkyl halides is 3. The molecule has 4 rings (SSSR count). The van der Waals surface area contributed by atoms with Gasteiger partial charge in [-0.05, 0) is 55.0 Å². The molecule has 1 fully saturated rings. The minimum atomic E-state index is -4.72. The molecular formula is C26H29ClF3N5O3. The summed E-state index contributed by atoms with van der Waals surface area (Å²) in [5.74, 6) is -2.14. The van der Waals surface area contributed by atoms with Gasteiger partial charge in [-0.15, -0.1) is 0 Å². The van der Waals surface area contributed by atoms with Crippen LogP contribution in [0.5, 0.6) is 0 Å². The maximum Gasteiger partial charge on any atom is 0.418 e. The molecule has 2 aliphatic rings. The van der Waals surface area contributed by atoms with Crippen LogP contribution in [0, 0.1) is 5.92 Å². The Hall–Kier alpha value is -3.47. The van der Waals surface area contributed by atoms with Crippen molar-refractivity contribution in [3.8, 4) is 0 Å². The first kappa shape index (κ1) is 27.6. The highest BCUT2D eigenvalue weighted by molar-refractivity contribution is 6.33. The van der Waals surface area contributed by atoms with E-state index >= 15 is 0 Å². The number of carbonyl (C=O) groups is 3. The Morgan fingerprint density at radius 3 is 2.47 bits per heavy atom. The zero-order valence-electron chi connectivity index (χ0n) is 20.6. The lowest BCUT2D eigenvalue weighted by Crippen LogP contribution is -2.50. The van der Waals surface area contributed by atoms with Crippen molar-refractivity contribution in [1.82, 2.24) is 9.80 Å². The van der Waals surface area contributed by atoms with Crippen LogP contribution >= 0.6 is 11.6 Å². The number of urea groups is 1. The summed E-state index contributed by atoms with van der Waals surface area (Å²) in [4.78, 5) is 41.3. The average molecular weight is 552 g/mol. The quantitative estimate of drug-likeness (QED) is 0.469. The van der Waals surface area contributed by atoms with Gasteiger partial charge in [0.2, 0.25) is 11.8 Å². The van der Waals surface area contributed by atoms with Gasteiger partial charge in [-0.3, -0.25) is 9.59 Å². The van der Waals surface area contributed by atoms with Gasteiger partial charge in [-0.2, -0.15) is 13.2 Å². The smallest absolute Gasteiger partial charge is 0.397 e. The zero-order valence-corrected chi connectivity index (χ0v) is 21.3. The first-order chi connectivity index (χ1) is 17.9. The van der Waals surface area contributed by atoms with E-state index in [-0.39, 0.29) is 41.4 Å². The number of nitrogen functional groups attached to an aromatic ring is 1. The molecule has 8 nitrogen and oxygen atoms in total. The van der Waals surface area contributed by atoms with Gasteiger partial charge in [0.15, 0.2) is 0 Å². The molecule has 2 aromatic rings. The summed E-state index contributed by atoms with van der Waals surface area (Å²) in [6.07, 6.45) is -3.30. The van der Waals surface area contributed by atoms with Crippen LogP contribution in [0.1, 0.15) is 36.0 Å². The minimum Gasteiger partial charge on any atom is -0.397 e. The second kappa shape index (κ2) is 11.1. The van der Waals surface area contributed by atoms with Gasteiger partial charge < -0.3 is 26.6 Å². The van der Waals surface area contributed by atoms with Gasteiger partial charge in [-0.25, -0.2) is 4.79 Å². The van der Waals surface area contributed by atoms with Crippen molar-refractivity contribution >= 4 is 40.8 Å². The van der Waals surface area contributed by atoms with Gasteiger partial charge in [0, 0.05) is 37.8 Å². The van der Waals surface area contributed by atoms with E-state index in [1.165, 1.54) is 6.07 Å². The Morgan fingerprint density at radius 1 is 1.13 bits per heavy atom.